The Labute approximate surface area is 121 Å². The van der Waals surface area contributed by atoms with Crippen molar-refractivity contribution in [3.63, 3.8) is 0 Å². The van der Waals surface area contributed by atoms with Crippen molar-refractivity contribution in [1.29, 1.82) is 0 Å². The van der Waals surface area contributed by atoms with Gasteiger partial charge in [-0.1, -0.05) is 3.89 Å². The minimum absolute atomic E-state index is 0.00576. The molecule has 1 fully saturated rings. The molecule has 0 N–H and O–H groups in total. The summed E-state index contributed by atoms with van der Waals surface area (Å²) in [4.78, 5) is 18.1. The van der Waals surface area contributed by atoms with Crippen LogP contribution in [-0.2, 0) is 15.2 Å². The number of thiazole rings is 1. The van der Waals surface area contributed by atoms with Gasteiger partial charge in [-0.3, -0.25) is 4.79 Å². The number of carbonyl (C=O) groups is 1. The minimum Gasteiger partial charge on any atom is -0.339 e. The molecular weight excluding hydrogens is 305 g/mol. The Morgan fingerprint density at radius 1 is 1.40 bits per heavy atom. The Bertz CT molecular complexity index is 594. The predicted octanol–water partition coefficient (Wildman–Crippen LogP) is 0.914. The van der Waals surface area contributed by atoms with Gasteiger partial charge in [0.25, 0.3) is 0 Å². The van der Waals surface area contributed by atoms with Crippen LogP contribution in [0.5, 0.6) is 0 Å². The summed E-state index contributed by atoms with van der Waals surface area (Å²) in [5.74, 6) is -0.461. The van der Waals surface area contributed by atoms with Gasteiger partial charge < -0.3 is 4.90 Å². The van der Waals surface area contributed by atoms with E-state index < -0.39 is 10.4 Å². The van der Waals surface area contributed by atoms with E-state index in [0.717, 1.165) is 15.0 Å². The second-order valence-electron chi connectivity index (χ2n) is 4.72. The highest BCUT2D eigenvalue weighted by Gasteiger charge is 2.31. The molecule has 0 bridgehead atoms. The zero-order valence-electron chi connectivity index (χ0n) is 11.2. The topological polar surface area (TPSA) is 70.6 Å². The summed E-state index contributed by atoms with van der Waals surface area (Å²) >= 11 is 1.43. The third-order valence-corrected chi connectivity index (χ3v) is 5.36. The maximum Gasteiger partial charge on any atom is 0.374 e. The molecule has 1 aliphatic rings. The van der Waals surface area contributed by atoms with Gasteiger partial charge in [0.2, 0.25) is 5.91 Å². The average Bonchev–Trinajstić information content (AvgIpc) is 2.83. The van der Waals surface area contributed by atoms with Crippen LogP contribution in [-0.4, -0.2) is 54.7 Å². The van der Waals surface area contributed by atoms with Crippen molar-refractivity contribution in [2.24, 2.45) is 0 Å². The highest BCUT2D eigenvalue weighted by molar-refractivity contribution is 7.83. The number of aromatic nitrogens is 1. The molecule has 1 amide bonds. The molecule has 20 heavy (non-hydrogen) atoms. The molecule has 2 rings (SSSR count). The fourth-order valence-electron chi connectivity index (χ4n) is 2.08. The quantitative estimate of drug-likeness (QED) is 0.776. The molecule has 0 saturated carbocycles. The first-order chi connectivity index (χ1) is 9.29. The number of aryl methyl sites for hydroxylation is 1. The predicted molar refractivity (Wildman–Crippen MR) is 73.4 cm³/mol. The first kappa shape index (κ1) is 15.3. The van der Waals surface area contributed by atoms with Crippen LogP contribution in [0.4, 0.5) is 3.89 Å². The summed E-state index contributed by atoms with van der Waals surface area (Å²) in [6.45, 7) is 4.04. The molecule has 1 aromatic rings. The summed E-state index contributed by atoms with van der Waals surface area (Å²) in [6, 6.07) is 0. The van der Waals surface area contributed by atoms with Gasteiger partial charge in [0.15, 0.2) is 0 Å². The zero-order chi connectivity index (χ0) is 14.9. The van der Waals surface area contributed by atoms with E-state index in [2.05, 4.69) is 4.98 Å². The maximum atomic E-state index is 12.8. The fourth-order valence-corrected chi connectivity index (χ4v) is 3.52. The molecule has 6 nitrogen and oxygen atoms in total. The lowest BCUT2D eigenvalue weighted by Gasteiger charge is -2.33. The van der Waals surface area contributed by atoms with E-state index in [9.17, 15) is 17.1 Å². The Balaban J connectivity index is 1.98. The van der Waals surface area contributed by atoms with Gasteiger partial charge in [-0.15, -0.1) is 11.3 Å². The Kier molecular flexibility index (Phi) is 4.40. The molecule has 0 aliphatic carbocycles. The van der Waals surface area contributed by atoms with Crippen LogP contribution < -0.4 is 0 Å². The molecule has 112 valence electrons. The van der Waals surface area contributed by atoms with Crippen molar-refractivity contribution in [2.75, 3.05) is 26.2 Å². The van der Waals surface area contributed by atoms with Crippen molar-refractivity contribution in [3.8, 4) is 0 Å². The average molecular weight is 321 g/mol. The zero-order valence-corrected chi connectivity index (χ0v) is 12.9. The molecule has 9 heteroatoms. The van der Waals surface area contributed by atoms with E-state index in [-0.39, 0.29) is 38.0 Å². The number of hydrogen-bond acceptors (Lipinski definition) is 5. The van der Waals surface area contributed by atoms with Crippen LogP contribution in [0.25, 0.3) is 0 Å². The normalized spacial score (nSPS) is 19.1. The van der Waals surface area contributed by atoms with E-state index in [1.165, 1.54) is 11.3 Å². The minimum atomic E-state index is -4.66. The molecule has 1 aliphatic heterocycles. The van der Waals surface area contributed by atoms with Gasteiger partial charge in [-0.25, -0.2) is 4.98 Å². The van der Waals surface area contributed by atoms with E-state index in [1.807, 2.05) is 12.3 Å². The van der Waals surface area contributed by atoms with E-state index in [0.29, 0.717) is 0 Å². The third kappa shape index (κ3) is 3.33. The highest BCUT2D eigenvalue weighted by Crippen LogP contribution is 2.22. The van der Waals surface area contributed by atoms with Crippen LogP contribution in [0.1, 0.15) is 23.5 Å². The van der Waals surface area contributed by atoms with E-state index in [1.54, 1.807) is 11.8 Å². The maximum absolute atomic E-state index is 12.8. The second kappa shape index (κ2) is 5.74. The van der Waals surface area contributed by atoms with Gasteiger partial charge in [0, 0.05) is 37.3 Å². The van der Waals surface area contributed by atoms with Crippen LogP contribution in [0.3, 0.4) is 0 Å². The van der Waals surface area contributed by atoms with Gasteiger partial charge >= 0.3 is 10.4 Å². The lowest BCUT2D eigenvalue weighted by Crippen LogP contribution is -2.50. The number of piperazine rings is 1. The Morgan fingerprint density at radius 2 is 2.00 bits per heavy atom. The fraction of sp³-hybridized carbons (Fsp3) is 0.636. The van der Waals surface area contributed by atoms with Gasteiger partial charge in [0.05, 0.1) is 5.92 Å². The summed E-state index contributed by atoms with van der Waals surface area (Å²) in [6.07, 6.45) is 0. The van der Waals surface area contributed by atoms with Crippen LogP contribution >= 0.6 is 11.3 Å². The number of rotatable bonds is 3. The number of carbonyl (C=O) groups excluding carboxylic acids is 1. The van der Waals surface area contributed by atoms with Crippen LogP contribution in [0.15, 0.2) is 5.38 Å². The molecule has 2 heterocycles. The molecule has 1 unspecified atom stereocenters. The number of hydrogen-bond donors (Lipinski definition) is 0. The largest absolute Gasteiger partial charge is 0.374 e. The van der Waals surface area contributed by atoms with Crippen molar-refractivity contribution in [3.05, 3.63) is 16.1 Å². The molecule has 1 atom stereocenters. The second-order valence-corrected chi connectivity index (χ2v) is 6.95. The monoisotopic (exact) mass is 321 g/mol. The van der Waals surface area contributed by atoms with Crippen molar-refractivity contribution >= 4 is 27.7 Å². The third-order valence-electron chi connectivity index (χ3n) is 3.24. The molecule has 0 spiro atoms. The van der Waals surface area contributed by atoms with E-state index in [4.69, 9.17) is 0 Å². The first-order valence-electron chi connectivity index (χ1n) is 6.19. The smallest absolute Gasteiger partial charge is 0.339 e. The van der Waals surface area contributed by atoms with Crippen molar-refractivity contribution < 1.29 is 17.1 Å². The van der Waals surface area contributed by atoms with Gasteiger partial charge in [-0.05, 0) is 13.8 Å². The van der Waals surface area contributed by atoms with Crippen molar-refractivity contribution in [2.45, 2.75) is 19.8 Å². The Hall–Kier alpha value is -1.06. The lowest BCUT2D eigenvalue weighted by atomic mass is 10.1. The number of halogens is 1. The molecule has 0 aromatic carbocycles. The first-order valence-corrected chi connectivity index (χ1v) is 8.41. The lowest BCUT2D eigenvalue weighted by molar-refractivity contribution is -0.133. The summed E-state index contributed by atoms with van der Waals surface area (Å²) in [7, 11) is -4.66. The van der Waals surface area contributed by atoms with Crippen LogP contribution in [0, 0.1) is 6.92 Å². The summed E-state index contributed by atoms with van der Waals surface area (Å²) < 4.78 is 35.1. The number of nitrogens with zero attached hydrogens (tertiary/aromatic N) is 3. The SMILES string of the molecule is Cc1csc(C(C)C(=O)N2CCN(S(=O)(=O)F)CC2)n1. The summed E-state index contributed by atoms with van der Waals surface area (Å²) in [5, 5.41) is 2.63. The molecular formula is C11H16FN3O3S2. The Morgan fingerprint density at radius 3 is 2.45 bits per heavy atom. The van der Waals surface area contributed by atoms with Gasteiger partial charge in [-0.2, -0.15) is 12.7 Å². The standard InChI is InChI=1S/C11H16FN3O3S2/c1-8-7-19-10(13-8)9(2)11(16)14-3-5-15(6-4-14)20(12,17)18/h7,9H,3-6H2,1-2H3. The molecule has 1 aromatic heterocycles. The molecule has 1 saturated heterocycles. The highest BCUT2D eigenvalue weighted by atomic mass is 32.3. The van der Waals surface area contributed by atoms with Gasteiger partial charge in [0.1, 0.15) is 5.01 Å². The van der Waals surface area contributed by atoms with E-state index >= 15 is 0 Å². The number of amides is 1. The van der Waals surface area contributed by atoms with Crippen LogP contribution in [0.2, 0.25) is 0 Å². The van der Waals surface area contributed by atoms with Crippen molar-refractivity contribution in [1.82, 2.24) is 14.2 Å². The summed E-state index contributed by atoms with van der Waals surface area (Å²) in [5.41, 5.74) is 0.873. The molecule has 0 radical (unpaired) electrons.